The third-order valence-corrected chi connectivity index (χ3v) is 5.89. The van der Waals surface area contributed by atoms with Gasteiger partial charge >= 0.3 is 0 Å². The van der Waals surface area contributed by atoms with Crippen LogP contribution in [-0.4, -0.2) is 45.8 Å². The topological polar surface area (TPSA) is 49.3 Å². The first-order chi connectivity index (χ1) is 11.6. The summed E-state index contributed by atoms with van der Waals surface area (Å²) in [6, 6.07) is 3.96. The molecule has 1 fully saturated rings. The van der Waals surface area contributed by atoms with Gasteiger partial charge in [0.1, 0.15) is 0 Å². The monoisotopic (exact) mass is 342 g/mol. The molecule has 2 aliphatic heterocycles. The van der Waals surface area contributed by atoms with Crippen LogP contribution in [0.5, 0.6) is 0 Å². The highest BCUT2D eigenvalue weighted by Gasteiger charge is 2.33. The minimum absolute atomic E-state index is 0.0184. The lowest BCUT2D eigenvalue weighted by Gasteiger charge is -2.27. The first kappa shape index (κ1) is 15.7. The number of carbonyl (C=O) groups excluding carboxylic acids is 1. The zero-order valence-corrected chi connectivity index (χ0v) is 15.0. The van der Waals surface area contributed by atoms with Gasteiger partial charge in [0, 0.05) is 48.4 Å². The summed E-state index contributed by atoms with van der Waals surface area (Å²) in [6.07, 6.45) is 4.90. The predicted octanol–water partition coefficient (Wildman–Crippen LogP) is 2.81. The van der Waals surface area contributed by atoms with Crippen molar-refractivity contribution in [3.63, 3.8) is 0 Å². The van der Waals surface area contributed by atoms with Gasteiger partial charge in [-0.25, -0.2) is 9.97 Å². The fourth-order valence-corrected chi connectivity index (χ4v) is 4.43. The minimum atomic E-state index is 0.0184. The number of hydrogen-bond acceptors (Lipinski definition) is 5. The zero-order valence-electron chi connectivity index (χ0n) is 14.2. The van der Waals surface area contributed by atoms with Crippen molar-refractivity contribution in [2.45, 2.75) is 38.8 Å². The molecule has 1 unspecified atom stereocenters. The summed E-state index contributed by atoms with van der Waals surface area (Å²) in [4.78, 5) is 28.5. The number of rotatable bonds is 2. The molecule has 1 atom stereocenters. The van der Waals surface area contributed by atoms with E-state index in [1.54, 1.807) is 11.3 Å². The number of nitrogens with zero attached hydrogens (tertiary/aromatic N) is 4. The lowest BCUT2D eigenvalue weighted by Crippen LogP contribution is -2.32. The summed E-state index contributed by atoms with van der Waals surface area (Å²) in [5.74, 6) is 0.939. The quantitative estimate of drug-likeness (QED) is 0.842. The molecule has 4 heterocycles. The van der Waals surface area contributed by atoms with Gasteiger partial charge in [-0.05, 0) is 38.9 Å². The molecule has 0 N–H and O–H groups in total. The van der Waals surface area contributed by atoms with Gasteiger partial charge in [-0.2, -0.15) is 0 Å². The van der Waals surface area contributed by atoms with Crippen molar-refractivity contribution in [2.75, 3.05) is 20.1 Å². The molecule has 0 radical (unpaired) electrons. The van der Waals surface area contributed by atoms with E-state index in [-0.39, 0.29) is 11.9 Å². The number of thiophene rings is 1. The Kier molecular flexibility index (Phi) is 4.10. The lowest BCUT2D eigenvalue weighted by atomic mass is 10.1. The van der Waals surface area contributed by atoms with Gasteiger partial charge in [0.2, 0.25) is 0 Å². The van der Waals surface area contributed by atoms with Gasteiger partial charge in [-0.1, -0.05) is 0 Å². The third kappa shape index (κ3) is 2.84. The summed E-state index contributed by atoms with van der Waals surface area (Å²) in [5.41, 5.74) is 2.38. The van der Waals surface area contributed by atoms with E-state index in [0.717, 1.165) is 55.3 Å². The average molecular weight is 342 g/mol. The maximum atomic E-state index is 12.8. The Morgan fingerprint density at radius 1 is 1.33 bits per heavy atom. The molecule has 6 heteroatoms. The van der Waals surface area contributed by atoms with Crippen LogP contribution >= 0.6 is 11.3 Å². The molecule has 2 aromatic heterocycles. The second-order valence-electron chi connectivity index (χ2n) is 6.75. The van der Waals surface area contributed by atoms with Crippen LogP contribution in [0.25, 0.3) is 0 Å². The Bertz CT molecular complexity index is 772. The van der Waals surface area contributed by atoms with Crippen molar-refractivity contribution in [3.8, 4) is 0 Å². The molecule has 0 aliphatic carbocycles. The van der Waals surface area contributed by atoms with Gasteiger partial charge in [0.15, 0.2) is 5.82 Å². The van der Waals surface area contributed by atoms with Crippen LogP contribution < -0.4 is 0 Å². The number of aryl methyl sites for hydroxylation is 1. The SMILES string of the molecule is Cc1ccc(C(=O)N2CCCC2c2ncc3c(n2)CCN(C)C3)s1. The first-order valence-electron chi connectivity index (χ1n) is 8.52. The Morgan fingerprint density at radius 2 is 2.21 bits per heavy atom. The second-order valence-corrected chi connectivity index (χ2v) is 8.04. The number of likely N-dealkylation sites (N-methyl/N-ethyl adjacent to an activating group) is 1. The van der Waals surface area contributed by atoms with Crippen LogP contribution in [0.2, 0.25) is 0 Å². The molecule has 0 bridgehead atoms. The van der Waals surface area contributed by atoms with Crippen molar-refractivity contribution >= 4 is 17.2 Å². The van der Waals surface area contributed by atoms with Crippen molar-refractivity contribution < 1.29 is 4.79 Å². The standard InChI is InChI=1S/C18H22N4OS/c1-12-5-6-16(24-12)18(23)22-8-3-4-15(22)17-19-10-13-11-21(2)9-7-14(13)20-17/h5-6,10,15H,3-4,7-9,11H2,1-2H3. The molecule has 4 rings (SSSR count). The summed E-state index contributed by atoms with van der Waals surface area (Å²) in [5, 5.41) is 0. The van der Waals surface area contributed by atoms with Gasteiger partial charge in [-0.15, -0.1) is 11.3 Å². The highest BCUT2D eigenvalue weighted by atomic mass is 32.1. The molecule has 5 nitrogen and oxygen atoms in total. The zero-order chi connectivity index (χ0) is 16.7. The molecule has 0 spiro atoms. The lowest BCUT2D eigenvalue weighted by molar-refractivity contribution is 0.0734. The smallest absolute Gasteiger partial charge is 0.264 e. The van der Waals surface area contributed by atoms with Crippen molar-refractivity contribution in [1.29, 1.82) is 0 Å². The van der Waals surface area contributed by atoms with E-state index in [9.17, 15) is 4.79 Å². The molecule has 0 saturated carbocycles. The van der Waals surface area contributed by atoms with E-state index in [4.69, 9.17) is 4.98 Å². The van der Waals surface area contributed by atoms with E-state index >= 15 is 0 Å². The second kappa shape index (κ2) is 6.26. The summed E-state index contributed by atoms with van der Waals surface area (Å²) < 4.78 is 0. The number of hydrogen-bond donors (Lipinski definition) is 0. The number of amides is 1. The van der Waals surface area contributed by atoms with E-state index in [2.05, 4.69) is 16.9 Å². The minimum Gasteiger partial charge on any atom is -0.328 e. The maximum absolute atomic E-state index is 12.8. The van der Waals surface area contributed by atoms with E-state index in [1.165, 1.54) is 10.4 Å². The molecular weight excluding hydrogens is 320 g/mol. The highest BCUT2D eigenvalue weighted by molar-refractivity contribution is 7.13. The Hall–Kier alpha value is -1.79. The van der Waals surface area contributed by atoms with Gasteiger partial charge in [0.05, 0.1) is 10.9 Å². The van der Waals surface area contributed by atoms with Crippen LogP contribution in [0.15, 0.2) is 18.3 Å². The number of fused-ring (bicyclic) bond motifs is 1. The molecule has 1 saturated heterocycles. The van der Waals surface area contributed by atoms with Crippen LogP contribution in [0, 0.1) is 6.92 Å². The van der Waals surface area contributed by atoms with Crippen molar-refractivity contribution in [2.24, 2.45) is 0 Å². The van der Waals surface area contributed by atoms with Crippen molar-refractivity contribution in [1.82, 2.24) is 19.8 Å². The summed E-state index contributed by atoms with van der Waals surface area (Å²) >= 11 is 1.57. The van der Waals surface area contributed by atoms with Gasteiger partial charge in [-0.3, -0.25) is 4.79 Å². The van der Waals surface area contributed by atoms with E-state index in [1.807, 2.05) is 30.2 Å². The number of aromatic nitrogens is 2. The fourth-order valence-electron chi connectivity index (χ4n) is 3.60. The molecule has 2 aliphatic rings. The molecule has 126 valence electrons. The Labute approximate surface area is 146 Å². The summed E-state index contributed by atoms with van der Waals surface area (Å²) in [6.45, 7) is 4.78. The third-order valence-electron chi connectivity index (χ3n) is 4.91. The number of carbonyl (C=O) groups is 1. The average Bonchev–Trinajstić information content (AvgIpc) is 3.22. The first-order valence-corrected chi connectivity index (χ1v) is 9.34. The summed E-state index contributed by atoms with van der Waals surface area (Å²) in [7, 11) is 2.12. The van der Waals surface area contributed by atoms with Crippen LogP contribution in [0.4, 0.5) is 0 Å². The molecule has 2 aromatic rings. The normalized spacial score (nSPS) is 21.1. The van der Waals surface area contributed by atoms with Crippen LogP contribution in [0.1, 0.15) is 50.5 Å². The van der Waals surface area contributed by atoms with Crippen molar-refractivity contribution in [3.05, 3.63) is 45.2 Å². The highest BCUT2D eigenvalue weighted by Crippen LogP contribution is 2.33. The number of likely N-dealkylation sites (tertiary alicyclic amines) is 1. The molecule has 1 amide bonds. The van der Waals surface area contributed by atoms with E-state index in [0.29, 0.717) is 0 Å². The van der Waals surface area contributed by atoms with Crippen LogP contribution in [0.3, 0.4) is 0 Å². The van der Waals surface area contributed by atoms with Gasteiger partial charge < -0.3 is 9.80 Å². The Morgan fingerprint density at radius 3 is 3.00 bits per heavy atom. The Balaban J connectivity index is 1.60. The van der Waals surface area contributed by atoms with Crippen LogP contribution in [-0.2, 0) is 13.0 Å². The molecular formula is C18H22N4OS. The maximum Gasteiger partial charge on any atom is 0.264 e. The van der Waals surface area contributed by atoms with E-state index < -0.39 is 0 Å². The predicted molar refractivity (Wildman–Crippen MR) is 94.1 cm³/mol. The fraction of sp³-hybridized carbons (Fsp3) is 0.500. The molecule has 24 heavy (non-hydrogen) atoms. The van der Waals surface area contributed by atoms with Gasteiger partial charge in [0.25, 0.3) is 5.91 Å². The molecule has 0 aromatic carbocycles. The largest absolute Gasteiger partial charge is 0.328 e.